The van der Waals surface area contributed by atoms with Gasteiger partial charge >= 0.3 is 0 Å². The van der Waals surface area contributed by atoms with Crippen molar-refractivity contribution in [1.82, 2.24) is 14.4 Å². The Morgan fingerprint density at radius 1 is 1.11 bits per heavy atom. The van der Waals surface area contributed by atoms with E-state index in [4.69, 9.17) is 4.74 Å². The Kier molecular flexibility index (Phi) is 1.84. The van der Waals surface area contributed by atoms with Crippen LogP contribution in [0.5, 0.6) is 5.75 Å². The van der Waals surface area contributed by atoms with E-state index >= 15 is 0 Å². The molecule has 0 saturated carbocycles. The largest absolute Gasteiger partial charge is 0.497 e. The van der Waals surface area contributed by atoms with Crippen molar-refractivity contribution in [3.8, 4) is 5.75 Å². The second kappa shape index (κ2) is 3.41. The number of hydrogen-bond acceptors (Lipinski definition) is 4. The molecule has 0 atom stereocenters. The summed E-state index contributed by atoms with van der Waals surface area (Å²) < 4.78 is 7.05. The van der Waals surface area contributed by atoms with Crippen LogP contribution in [0.25, 0.3) is 27.5 Å². The summed E-state index contributed by atoms with van der Waals surface area (Å²) in [5.41, 5.74) is 2.07. The van der Waals surface area contributed by atoms with Crippen LogP contribution in [0.3, 0.4) is 0 Å². The van der Waals surface area contributed by atoms with Crippen LogP contribution in [0.1, 0.15) is 0 Å². The van der Waals surface area contributed by atoms with Gasteiger partial charge in [-0.25, -0.2) is 4.98 Å². The standard InChI is InChI=1S/C14H9N3O2/c1-19-8-2-3-9-10(4-8)11-6-16-13-7-15-5-12(14(9)18)17(11)13/h2-7H,1H3. The maximum absolute atomic E-state index is 12.5. The fourth-order valence-corrected chi connectivity index (χ4v) is 2.49. The van der Waals surface area contributed by atoms with Crippen molar-refractivity contribution >= 4 is 27.5 Å². The molecule has 0 amide bonds. The highest BCUT2D eigenvalue weighted by Crippen LogP contribution is 2.25. The molecule has 0 saturated heterocycles. The van der Waals surface area contributed by atoms with E-state index in [2.05, 4.69) is 9.97 Å². The molecule has 1 aromatic carbocycles. The highest BCUT2D eigenvalue weighted by molar-refractivity contribution is 6.00. The lowest BCUT2D eigenvalue weighted by atomic mass is 10.1. The minimum absolute atomic E-state index is 0.0405. The molecule has 5 nitrogen and oxygen atoms in total. The third-order valence-corrected chi connectivity index (χ3v) is 3.40. The number of imidazole rings is 1. The van der Waals surface area contributed by atoms with Gasteiger partial charge in [0.05, 0.1) is 31.2 Å². The van der Waals surface area contributed by atoms with Crippen molar-refractivity contribution < 1.29 is 4.74 Å². The lowest BCUT2D eigenvalue weighted by molar-refractivity contribution is 0.415. The van der Waals surface area contributed by atoms with Gasteiger partial charge in [0.15, 0.2) is 5.65 Å². The third kappa shape index (κ3) is 1.21. The number of benzene rings is 1. The maximum atomic E-state index is 12.5. The molecule has 4 rings (SSSR count). The van der Waals surface area contributed by atoms with Crippen molar-refractivity contribution in [2.24, 2.45) is 0 Å². The molecule has 0 aliphatic heterocycles. The van der Waals surface area contributed by atoms with Crippen LogP contribution in [0.15, 0.2) is 41.6 Å². The van der Waals surface area contributed by atoms with E-state index in [1.165, 1.54) is 0 Å². The van der Waals surface area contributed by atoms with Gasteiger partial charge in [0.25, 0.3) is 0 Å². The van der Waals surface area contributed by atoms with Crippen LogP contribution in [-0.4, -0.2) is 21.5 Å². The second-order valence-electron chi connectivity index (χ2n) is 4.37. The number of fused-ring (bicyclic) bond motifs is 2. The van der Waals surface area contributed by atoms with Gasteiger partial charge in [-0.1, -0.05) is 0 Å². The number of ether oxygens (including phenoxy) is 1. The molecule has 0 radical (unpaired) electrons. The SMILES string of the molecule is COc1ccc2c(=O)c3cncc4ncc(c2c1)n43. The molecule has 0 aliphatic rings. The van der Waals surface area contributed by atoms with Gasteiger partial charge in [0, 0.05) is 10.8 Å². The highest BCUT2D eigenvalue weighted by atomic mass is 16.5. The first kappa shape index (κ1) is 10.3. The topological polar surface area (TPSA) is 56.5 Å². The predicted octanol–water partition coefficient (Wildman–Crippen LogP) is 1.84. The summed E-state index contributed by atoms with van der Waals surface area (Å²) in [6.45, 7) is 0. The summed E-state index contributed by atoms with van der Waals surface area (Å²) in [6, 6.07) is 5.43. The summed E-state index contributed by atoms with van der Waals surface area (Å²) in [5.74, 6) is 0.721. The Hall–Kier alpha value is -2.69. The second-order valence-corrected chi connectivity index (χ2v) is 4.37. The van der Waals surface area contributed by atoms with Crippen molar-refractivity contribution in [2.75, 3.05) is 7.11 Å². The van der Waals surface area contributed by atoms with Gasteiger partial charge in [-0.2, -0.15) is 0 Å². The number of aromatic nitrogens is 3. The fourth-order valence-electron chi connectivity index (χ4n) is 2.49. The Labute approximate surface area is 107 Å². The fraction of sp³-hybridized carbons (Fsp3) is 0.0714. The number of hydrogen-bond donors (Lipinski definition) is 0. The van der Waals surface area contributed by atoms with Crippen molar-refractivity contribution in [2.45, 2.75) is 0 Å². The Morgan fingerprint density at radius 2 is 2.00 bits per heavy atom. The van der Waals surface area contributed by atoms with Crippen molar-refractivity contribution in [1.29, 1.82) is 0 Å². The molecule has 0 spiro atoms. The zero-order valence-corrected chi connectivity index (χ0v) is 10.1. The molecule has 5 heteroatoms. The van der Waals surface area contributed by atoms with Crippen LogP contribution in [-0.2, 0) is 0 Å². The maximum Gasteiger partial charge on any atom is 0.212 e. The minimum atomic E-state index is -0.0405. The minimum Gasteiger partial charge on any atom is -0.497 e. The average molecular weight is 251 g/mol. The number of rotatable bonds is 1. The lowest BCUT2D eigenvalue weighted by Crippen LogP contribution is -2.08. The summed E-state index contributed by atoms with van der Waals surface area (Å²) >= 11 is 0. The quantitative estimate of drug-likeness (QED) is 0.484. The molecule has 0 bridgehead atoms. The van der Waals surface area contributed by atoms with E-state index in [9.17, 15) is 4.79 Å². The average Bonchev–Trinajstić information content (AvgIpc) is 2.89. The van der Waals surface area contributed by atoms with Crippen LogP contribution in [0, 0.1) is 0 Å². The number of methoxy groups -OCH3 is 1. The Morgan fingerprint density at radius 3 is 2.84 bits per heavy atom. The smallest absolute Gasteiger partial charge is 0.212 e. The zero-order valence-electron chi connectivity index (χ0n) is 10.1. The molecule has 0 N–H and O–H groups in total. The number of pyridine rings is 1. The monoisotopic (exact) mass is 251 g/mol. The molecule has 3 heterocycles. The molecule has 0 fully saturated rings. The molecule has 92 valence electrons. The van der Waals surface area contributed by atoms with E-state index < -0.39 is 0 Å². The van der Waals surface area contributed by atoms with Gasteiger partial charge in [-0.05, 0) is 18.2 Å². The van der Waals surface area contributed by atoms with Gasteiger partial charge in [0.1, 0.15) is 11.3 Å². The first-order valence-electron chi connectivity index (χ1n) is 5.84. The van der Waals surface area contributed by atoms with Crippen LogP contribution >= 0.6 is 0 Å². The van der Waals surface area contributed by atoms with E-state index in [1.54, 1.807) is 37.8 Å². The molecule has 19 heavy (non-hydrogen) atoms. The van der Waals surface area contributed by atoms with E-state index in [0.717, 1.165) is 16.7 Å². The van der Waals surface area contributed by atoms with Gasteiger partial charge in [0.2, 0.25) is 5.43 Å². The first-order chi connectivity index (χ1) is 9.29. The van der Waals surface area contributed by atoms with Gasteiger partial charge in [-0.3, -0.25) is 14.2 Å². The normalized spacial score (nSPS) is 11.6. The van der Waals surface area contributed by atoms with E-state index in [1.807, 2.05) is 10.5 Å². The molecule has 0 unspecified atom stereocenters. The summed E-state index contributed by atoms with van der Waals surface area (Å²) in [4.78, 5) is 20.8. The zero-order chi connectivity index (χ0) is 13.0. The molecular formula is C14H9N3O2. The van der Waals surface area contributed by atoms with Crippen molar-refractivity contribution in [3.63, 3.8) is 0 Å². The van der Waals surface area contributed by atoms with Gasteiger partial charge < -0.3 is 4.74 Å². The number of nitrogens with zero attached hydrogens (tertiary/aromatic N) is 3. The van der Waals surface area contributed by atoms with E-state index in [0.29, 0.717) is 16.6 Å². The third-order valence-electron chi connectivity index (χ3n) is 3.40. The predicted molar refractivity (Wildman–Crippen MR) is 72.0 cm³/mol. The van der Waals surface area contributed by atoms with Crippen LogP contribution in [0.2, 0.25) is 0 Å². The Bertz CT molecular complexity index is 975. The lowest BCUT2D eigenvalue weighted by Gasteiger charge is -2.06. The summed E-state index contributed by atoms with van der Waals surface area (Å²) in [6.07, 6.45) is 4.98. The van der Waals surface area contributed by atoms with E-state index in [-0.39, 0.29) is 5.43 Å². The first-order valence-corrected chi connectivity index (χ1v) is 5.84. The summed E-state index contributed by atoms with van der Waals surface area (Å²) in [7, 11) is 1.61. The molecular weight excluding hydrogens is 242 g/mol. The summed E-state index contributed by atoms with van der Waals surface area (Å²) in [5, 5.41) is 1.50. The molecule has 0 aliphatic carbocycles. The van der Waals surface area contributed by atoms with Gasteiger partial charge in [-0.15, -0.1) is 0 Å². The van der Waals surface area contributed by atoms with Crippen molar-refractivity contribution in [3.05, 3.63) is 47.0 Å². The molecule has 4 aromatic rings. The molecule has 3 aromatic heterocycles. The Balaban J connectivity index is 2.38. The highest BCUT2D eigenvalue weighted by Gasteiger charge is 2.13. The van der Waals surface area contributed by atoms with Crippen LogP contribution in [0.4, 0.5) is 0 Å². The van der Waals surface area contributed by atoms with Crippen LogP contribution < -0.4 is 10.2 Å².